The maximum Gasteiger partial charge on any atom is 0.336 e. The van der Waals surface area contributed by atoms with E-state index < -0.39 is 5.63 Å². The molecule has 100 valence electrons. The second kappa shape index (κ2) is 4.65. The molecule has 0 aliphatic carbocycles. The van der Waals surface area contributed by atoms with E-state index in [0.717, 1.165) is 10.9 Å². The molecule has 0 aliphatic heterocycles. The Balaban J connectivity index is 2.05. The number of benzene rings is 1. The van der Waals surface area contributed by atoms with Crippen molar-refractivity contribution >= 4 is 16.8 Å². The molecule has 0 amide bonds. The molecule has 0 spiro atoms. The van der Waals surface area contributed by atoms with Crippen LogP contribution < -0.4 is 16.1 Å². The van der Waals surface area contributed by atoms with Crippen LogP contribution in [0.1, 0.15) is 5.56 Å². The highest BCUT2D eigenvalue weighted by molar-refractivity contribution is 5.81. The topological polar surface area (TPSA) is 91.2 Å². The molecule has 2 heterocycles. The molecule has 0 unspecified atom stereocenters. The van der Waals surface area contributed by atoms with E-state index in [1.807, 2.05) is 13.0 Å². The zero-order valence-electron chi connectivity index (χ0n) is 10.7. The van der Waals surface area contributed by atoms with Crippen molar-refractivity contribution in [1.29, 1.82) is 0 Å². The molecule has 2 aromatic heterocycles. The van der Waals surface area contributed by atoms with Crippen molar-refractivity contribution in [2.24, 2.45) is 0 Å². The van der Waals surface area contributed by atoms with Crippen molar-refractivity contribution in [1.82, 2.24) is 9.97 Å². The van der Waals surface area contributed by atoms with E-state index in [2.05, 4.69) is 9.97 Å². The molecule has 0 saturated heterocycles. The molecule has 2 N–H and O–H groups in total. The lowest BCUT2D eigenvalue weighted by atomic mass is 10.1. The zero-order chi connectivity index (χ0) is 14.1. The van der Waals surface area contributed by atoms with Crippen molar-refractivity contribution < 1.29 is 9.15 Å². The SMILES string of the molecule is Cc1cc(=O)oc2cc(Oc3nccnc3N)ccc12. The molecule has 3 aromatic rings. The number of rotatable bonds is 2. The third-order valence-corrected chi connectivity index (χ3v) is 2.83. The summed E-state index contributed by atoms with van der Waals surface area (Å²) in [5.74, 6) is 0.874. The predicted molar refractivity (Wildman–Crippen MR) is 73.7 cm³/mol. The molecule has 20 heavy (non-hydrogen) atoms. The average molecular weight is 269 g/mol. The van der Waals surface area contributed by atoms with Crippen LogP contribution in [-0.4, -0.2) is 9.97 Å². The van der Waals surface area contributed by atoms with Gasteiger partial charge >= 0.3 is 5.63 Å². The number of aromatic nitrogens is 2. The van der Waals surface area contributed by atoms with Gasteiger partial charge in [-0.15, -0.1) is 0 Å². The molecule has 6 nitrogen and oxygen atoms in total. The molecular weight excluding hydrogens is 258 g/mol. The van der Waals surface area contributed by atoms with E-state index in [1.165, 1.54) is 18.5 Å². The number of nitrogen functional groups attached to an aromatic ring is 1. The number of aryl methyl sites for hydroxylation is 1. The van der Waals surface area contributed by atoms with Gasteiger partial charge in [0, 0.05) is 29.9 Å². The number of fused-ring (bicyclic) bond motifs is 1. The van der Waals surface area contributed by atoms with Gasteiger partial charge in [-0.3, -0.25) is 0 Å². The monoisotopic (exact) mass is 269 g/mol. The zero-order valence-corrected chi connectivity index (χ0v) is 10.7. The average Bonchev–Trinajstić information content (AvgIpc) is 2.41. The summed E-state index contributed by atoms with van der Waals surface area (Å²) in [4.78, 5) is 19.2. The summed E-state index contributed by atoms with van der Waals surface area (Å²) >= 11 is 0. The minimum Gasteiger partial charge on any atom is -0.436 e. The lowest BCUT2D eigenvalue weighted by molar-refractivity contribution is 0.461. The number of hydrogen-bond acceptors (Lipinski definition) is 6. The molecule has 0 saturated carbocycles. The Hall–Kier alpha value is -2.89. The standard InChI is InChI=1S/C14H11N3O3/c1-8-6-12(18)20-11-7-9(2-3-10(8)11)19-14-13(15)16-4-5-17-14/h2-7H,1H3,(H2,15,16). The second-order valence-electron chi connectivity index (χ2n) is 4.26. The lowest BCUT2D eigenvalue weighted by Crippen LogP contribution is -1.99. The second-order valence-corrected chi connectivity index (χ2v) is 4.26. The molecule has 1 aromatic carbocycles. The largest absolute Gasteiger partial charge is 0.436 e. The summed E-state index contributed by atoms with van der Waals surface area (Å²) in [7, 11) is 0. The molecule has 0 radical (unpaired) electrons. The van der Waals surface area contributed by atoms with Crippen molar-refractivity contribution in [3.8, 4) is 11.6 Å². The van der Waals surface area contributed by atoms with Crippen LogP contribution in [0.2, 0.25) is 0 Å². The molecule has 0 aliphatic rings. The fourth-order valence-corrected chi connectivity index (χ4v) is 1.90. The summed E-state index contributed by atoms with van der Waals surface area (Å²) in [6, 6.07) is 6.64. The van der Waals surface area contributed by atoms with E-state index in [0.29, 0.717) is 11.3 Å². The Morgan fingerprint density at radius 3 is 2.80 bits per heavy atom. The number of ether oxygens (including phenoxy) is 1. The Bertz CT molecular complexity index is 842. The lowest BCUT2D eigenvalue weighted by Gasteiger charge is -2.07. The van der Waals surface area contributed by atoms with Gasteiger partial charge in [-0.1, -0.05) is 0 Å². The van der Waals surface area contributed by atoms with Gasteiger partial charge in [0.25, 0.3) is 5.88 Å². The minimum absolute atomic E-state index is 0.193. The summed E-state index contributed by atoms with van der Waals surface area (Å²) in [6.45, 7) is 1.85. The highest BCUT2D eigenvalue weighted by Gasteiger charge is 2.07. The Morgan fingerprint density at radius 2 is 2.00 bits per heavy atom. The predicted octanol–water partition coefficient (Wildman–Crippen LogP) is 2.27. The first-order valence-electron chi connectivity index (χ1n) is 5.92. The van der Waals surface area contributed by atoms with E-state index in [4.69, 9.17) is 14.9 Å². The summed E-state index contributed by atoms with van der Waals surface area (Å²) in [5.41, 5.74) is 6.56. The Labute approximate surface area is 113 Å². The van der Waals surface area contributed by atoms with Crippen molar-refractivity contribution in [2.45, 2.75) is 6.92 Å². The third kappa shape index (κ3) is 2.18. The fraction of sp³-hybridized carbons (Fsp3) is 0.0714. The van der Waals surface area contributed by atoms with Crippen molar-refractivity contribution in [3.63, 3.8) is 0 Å². The van der Waals surface area contributed by atoms with E-state index in [9.17, 15) is 4.79 Å². The van der Waals surface area contributed by atoms with E-state index >= 15 is 0 Å². The smallest absolute Gasteiger partial charge is 0.336 e. The maximum atomic E-state index is 11.4. The minimum atomic E-state index is -0.397. The van der Waals surface area contributed by atoms with Crippen molar-refractivity contribution in [2.75, 3.05) is 5.73 Å². The molecular formula is C14H11N3O3. The van der Waals surface area contributed by atoms with Crippen LogP contribution in [-0.2, 0) is 0 Å². The van der Waals surface area contributed by atoms with Gasteiger partial charge in [0.05, 0.1) is 0 Å². The van der Waals surface area contributed by atoms with Crippen LogP contribution in [0, 0.1) is 6.92 Å². The Kier molecular flexibility index (Phi) is 2.83. The van der Waals surface area contributed by atoms with Gasteiger partial charge in [0.15, 0.2) is 5.82 Å². The number of nitrogens with zero attached hydrogens (tertiary/aromatic N) is 2. The molecule has 0 atom stereocenters. The normalized spacial score (nSPS) is 10.7. The van der Waals surface area contributed by atoms with Gasteiger partial charge < -0.3 is 14.9 Å². The molecule has 6 heteroatoms. The van der Waals surface area contributed by atoms with Gasteiger partial charge in [-0.2, -0.15) is 0 Å². The number of hydrogen-bond donors (Lipinski definition) is 1. The van der Waals surface area contributed by atoms with Crippen LogP contribution in [0.15, 0.2) is 45.9 Å². The quantitative estimate of drug-likeness (QED) is 0.717. The first-order chi connectivity index (χ1) is 9.63. The highest BCUT2D eigenvalue weighted by atomic mass is 16.5. The fourth-order valence-electron chi connectivity index (χ4n) is 1.90. The van der Waals surface area contributed by atoms with Crippen LogP contribution in [0.4, 0.5) is 5.82 Å². The van der Waals surface area contributed by atoms with E-state index in [-0.39, 0.29) is 11.7 Å². The van der Waals surface area contributed by atoms with Gasteiger partial charge in [-0.25, -0.2) is 14.8 Å². The summed E-state index contributed by atoms with van der Waals surface area (Å²) < 4.78 is 10.7. The first kappa shape index (κ1) is 12.2. The van der Waals surface area contributed by atoms with E-state index in [1.54, 1.807) is 12.1 Å². The van der Waals surface area contributed by atoms with Gasteiger partial charge in [0.1, 0.15) is 11.3 Å². The van der Waals surface area contributed by atoms with Crippen molar-refractivity contribution in [3.05, 3.63) is 52.6 Å². The first-order valence-corrected chi connectivity index (χ1v) is 5.92. The summed E-state index contributed by atoms with van der Waals surface area (Å²) in [6.07, 6.45) is 2.96. The van der Waals surface area contributed by atoms with Crippen LogP contribution >= 0.6 is 0 Å². The van der Waals surface area contributed by atoms with Crippen LogP contribution in [0.5, 0.6) is 11.6 Å². The summed E-state index contributed by atoms with van der Waals surface area (Å²) in [5, 5.41) is 0.851. The molecule has 3 rings (SSSR count). The van der Waals surface area contributed by atoms with Gasteiger partial charge in [-0.05, 0) is 24.6 Å². The maximum absolute atomic E-state index is 11.4. The Morgan fingerprint density at radius 1 is 1.20 bits per heavy atom. The highest BCUT2D eigenvalue weighted by Crippen LogP contribution is 2.27. The third-order valence-electron chi connectivity index (χ3n) is 2.83. The van der Waals surface area contributed by atoms with Gasteiger partial charge in [0.2, 0.25) is 0 Å². The number of nitrogens with two attached hydrogens (primary N) is 1. The van der Waals surface area contributed by atoms with Crippen LogP contribution in [0.25, 0.3) is 11.0 Å². The van der Waals surface area contributed by atoms with Crippen LogP contribution in [0.3, 0.4) is 0 Å². The number of anilines is 1. The molecule has 0 bridgehead atoms. The molecule has 0 fully saturated rings.